The first-order valence-corrected chi connectivity index (χ1v) is 8.56. The summed E-state index contributed by atoms with van der Waals surface area (Å²) in [5.74, 6) is 0.876. The molecule has 0 spiro atoms. The number of nitrogens with one attached hydrogen (secondary N) is 3. The van der Waals surface area contributed by atoms with Crippen molar-refractivity contribution < 1.29 is 4.79 Å². The van der Waals surface area contributed by atoms with Crippen LogP contribution in [0.4, 0.5) is 0 Å². The molecular formula is C20H20N4O. The number of nitrogens with zero attached hydrogens (tertiary/aromatic N) is 1. The molecule has 2 aromatic carbocycles. The Hall–Kier alpha value is -3.08. The molecule has 0 aliphatic heterocycles. The Labute approximate surface area is 145 Å². The third kappa shape index (κ3) is 3.01. The van der Waals surface area contributed by atoms with Crippen LogP contribution in [0.25, 0.3) is 21.9 Å². The van der Waals surface area contributed by atoms with E-state index in [4.69, 9.17) is 0 Å². The van der Waals surface area contributed by atoms with Crippen molar-refractivity contribution in [3.8, 4) is 0 Å². The zero-order chi connectivity index (χ0) is 17.2. The lowest BCUT2D eigenvalue weighted by atomic mass is 10.1. The number of amides is 1. The quantitative estimate of drug-likeness (QED) is 0.522. The number of benzene rings is 2. The Bertz CT molecular complexity index is 1040. The van der Waals surface area contributed by atoms with E-state index in [2.05, 4.69) is 39.3 Å². The Morgan fingerprint density at radius 2 is 2.04 bits per heavy atom. The number of carbonyl (C=O) groups is 1. The number of fused-ring (bicyclic) bond motifs is 2. The lowest BCUT2D eigenvalue weighted by Gasteiger charge is -2.05. The van der Waals surface area contributed by atoms with Crippen LogP contribution in [-0.2, 0) is 12.8 Å². The minimum absolute atomic E-state index is 0.0608. The van der Waals surface area contributed by atoms with E-state index < -0.39 is 0 Å². The first kappa shape index (κ1) is 15.4. The number of aromatic amines is 2. The number of rotatable bonds is 5. The lowest BCUT2D eigenvalue weighted by molar-refractivity contribution is 0.0954. The van der Waals surface area contributed by atoms with Gasteiger partial charge in [0.25, 0.3) is 5.91 Å². The van der Waals surface area contributed by atoms with Gasteiger partial charge >= 0.3 is 0 Å². The van der Waals surface area contributed by atoms with Crippen molar-refractivity contribution in [3.63, 3.8) is 0 Å². The summed E-state index contributed by atoms with van der Waals surface area (Å²) >= 11 is 0. The Balaban J connectivity index is 1.43. The molecule has 5 heteroatoms. The minimum atomic E-state index is -0.0608. The van der Waals surface area contributed by atoms with Crippen molar-refractivity contribution in [3.05, 3.63) is 65.6 Å². The average Bonchev–Trinajstić information content (AvgIpc) is 3.24. The maximum atomic E-state index is 12.4. The molecule has 5 nitrogen and oxygen atoms in total. The first-order valence-electron chi connectivity index (χ1n) is 8.56. The van der Waals surface area contributed by atoms with Gasteiger partial charge in [-0.25, -0.2) is 4.98 Å². The number of para-hydroxylation sites is 1. The molecule has 1 amide bonds. The number of aryl methyl sites for hydroxylation is 1. The SMILES string of the molecule is CCc1nc2ccc(C(=O)NCCc3c[nH]c4ccccc34)cc2[nH]1. The van der Waals surface area contributed by atoms with Gasteiger partial charge in [0.2, 0.25) is 0 Å². The predicted octanol–water partition coefficient (Wildman–Crippen LogP) is 3.58. The van der Waals surface area contributed by atoms with Gasteiger partial charge in [-0.15, -0.1) is 0 Å². The summed E-state index contributed by atoms with van der Waals surface area (Å²) in [5, 5.41) is 4.21. The molecule has 0 fully saturated rings. The van der Waals surface area contributed by atoms with Crippen molar-refractivity contribution in [2.45, 2.75) is 19.8 Å². The number of hydrogen-bond donors (Lipinski definition) is 3. The summed E-state index contributed by atoms with van der Waals surface area (Å²) < 4.78 is 0. The summed E-state index contributed by atoms with van der Waals surface area (Å²) in [6, 6.07) is 13.8. The monoisotopic (exact) mass is 332 g/mol. The Morgan fingerprint density at radius 3 is 2.92 bits per heavy atom. The van der Waals surface area contributed by atoms with Crippen molar-refractivity contribution >= 4 is 27.8 Å². The largest absolute Gasteiger partial charge is 0.361 e. The molecule has 4 aromatic rings. The molecule has 126 valence electrons. The van der Waals surface area contributed by atoms with Crippen molar-refractivity contribution in [2.75, 3.05) is 6.54 Å². The molecule has 0 aliphatic rings. The molecule has 0 radical (unpaired) electrons. The number of imidazole rings is 1. The van der Waals surface area contributed by atoms with Crippen LogP contribution in [0.3, 0.4) is 0 Å². The number of hydrogen-bond acceptors (Lipinski definition) is 2. The van der Waals surface area contributed by atoms with Gasteiger partial charge in [0.05, 0.1) is 11.0 Å². The molecule has 2 aromatic heterocycles. The summed E-state index contributed by atoms with van der Waals surface area (Å²) in [5.41, 5.74) is 4.79. The summed E-state index contributed by atoms with van der Waals surface area (Å²) in [7, 11) is 0. The second-order valence-electron chi connectivity index (χ2n) is 6.13. The molecule has 4 rings (SSSR count). The molecule has 0 unspecified atom stereocenters. The Kier molecular flexibility index (Phi) is 3.98. The van der Waals surface area contributed by atoms with Crippen LogP contribution in [-0.4, -0.2) is 27.4 Å². The van der Waals surface area contributed by atoms with E-state index >= 15 is 0 Å². The maximum Gasteiger partial charge on any atom is 0.251 e. The molecular weight excluding hydrogens is 312 g/mol. The van der Waals surface area contributed by atoms with Gasteiger partial charge < -0.3 is 15.3 Å². The highest BCUT2D eigenvalue weighted by Gasteiger charge is 2.09. The third-order valence-electron chi connectivity index (χ3n) is 4.48. The molecule has 0 atom stereocenters. The molecule has 2 heterocycles. The Morgan fingerprint density at radius 1 is 1.16 bits per heavy atom. The smallest absolute Gasteiger partial charge is 0.251 e. The maximum absolute atomic E-state index is 12.4. The zero-order valence-corrected chi connectivity index (χ0v) is 14.1. The molecule has 0 saturated carbocycles. The van der Waals surface area contributed by atoms with E-state index in [1.54, 1.807) is 0 Å². The van der Waals surface area contributed by atoms with Gasteiger partial charge in [0, 0.05) is 35.6 Å². The van der Waals surface area contributed by atoms with Crippen molar-refractivity contribution in [1.29, 1.82) is 0 Å². The van der Waals surface area contributed by atoms with E-state index in [0.717, 1.165) is 35.2 Å². The van der Waals surface area contributed by atoms with Crippen LogP contribution in [0, 0.1) is 0 Å². The second kappa shape index (κ2) is 6.43. The van der Waals surface area contributed by atoms with Crippen LogP contribution >= 0.6 is 0 Å². The van der Waals surface area contributed by atoms with Crippen LogP contribution < -0.4 is 5.32 Å². The van der Waals surface area contributed by atoms with Crippen LogP contribution in [0.5, 0.6) is 0 Å². The highest BCUT2D eigenvalue weighted by atomic mass is 16.1. The predicted molar refractivity (Wildman–Crippen MR) is 99.8 cm³/mol. The van der Waals surface area contributed by atoms with Crippen molar-refractivity contribution in [2.24, 2.45) is 0 Å². The van der Waals surface area contributed by atoms with Crippen molar-refractivity contribution in [1.82, 2.24) is 20.3 Å². The van der Waals surface area contributed by atoms with Gasteiger partial charge in [-0.05, 0) is 36.2 Å². The van der Waals surface area contributed by atoms with E-state index in [9.17, 15) is 4.79 Å². The van der Waals surface area contributed by atoms with Gasteiger partial charge in [-0.2, -0.15) is 0 Å². The fraction of sp³-hybridized carbons (Fsp3) is 0.200. The highest BCUT2D eigenvalue weighted by molar-refractivity contribution is 5.97. The number of H-pyrrole nitrogens is 2. The van der Waals surface area contributed by atoms with E-state index in [1.165, 1.54) is 10.9 Å². The average molecular weight is 332 g/mol. The minimum Gasteiger partial charge on any atom is -0.361 e. The summed E-state index contributed by atoms with van der Waals surface area (Å²) in [6.07, 6.45) is 3.66. The van der Waals surface area contributed by atoms with E-state index in [1.807, 2.05) is 36.5 Å². The standard InChI is InChI=1S/C20H20N4O/c1-2-19-23-17-8-7-13(11-18(17)24-19)20(25)21-10-9-14-12-22-16-6-4-3-5-15(14)16/h3-8,11-12,22H,2,9-10H2,1H3,(H,21,25)(H,23,24). The molecule has 0 bridgehead atoms. The van der Waals surface area contributed by atoms with E-state index in [0.29, 0.717) is 12.1 Å². The number of carbonyl (C=O) groups excluding carboxylic acids is 1. The fourth-order valence-electron chi connectivity index (χ4n) is 3.12. The lowest BCUT2D eigenvalue weighted by Crippen LogP contribution is -2.25. The molecule has 0 saturated heterocycles. The van der Waals surface area contributed by atoms with Crippen LogP contribution in [0.15, 0.2) is 48.7 Å². The normalized spacial score (nSPS) is 11.2. The number of aromatic nitrogens is 3. The van der Waals surface area contributed by atoms with Crippen LogP contribution in [0.2, 0.25) is 0 Å². The zero-order valence-electron chi connectivity index (χ0n) is 14.1. The van der Waals surface area contributed by atoms with Gasteiger partial charge in [-0.3, -0.25) is 4.79 Å². The van der Waals surface area contributed by atoms with Gasteiger partial charge in [0.15, 0.2) is 0 Å². The fourth-order valence-corrected chi connectivity index (χ4v) is 3.12. The van der Waals surface area contributed by atoms with E-state index in [-0.39, 0.29) is 5.91 Å². The molecule has 0 aliphatic carbocycles. The first-order chi connectivity index (χ1) is 12.2. The summed E-state index contributed by atoms with van der Waals surface area (Å²) in [4.78, 5) is 23.4. The van der Waals surface area contributed by atoms with Crippen LogP contribution in [0.1, 0.15) is 28.7 Å². The third-order valence-corrected chi connectivity index (χ3v) is 4.48. The molecule has 25 heavy (non-hydrogen) atoms. The second-order valence-corrected chi connectivity index (χ2v) is 6.13. The topological polar surface area (TPSA) is 73.6 Å². The molecule has 3 N–H and O–H groups in total. The van der Waals surface area contributed by atoms with Gasteiger partial charge in [-0.1, -0.05) is 25.1 Å². The summed E-state index contributed by atoms with van der Waals surface area (Å²) in [6.45, 7) is 2.65. The highest BCUT2D eigenvalue weighted by Crippen LogP contribution is 2.18. The van der Waals surface area contributed by atoms with Gasteiger partial charge in [0.1, 0.15) is 5.82 Å².